The van der Waals surface area contributed by atoms with Crippen LogP contribution in [0.2, 0.25) is 0 Å². The van der Waals surface area contributed by atoms with E-state index in [0.29, 0.717) is 25.1 Å². The molecule has 2 amide bonds. The van der Waals surface area contributed by atoms with E-state index in [1.165, 1.54) is 40.0 Å². The second-order valence-electron chi connectivity index (χ2n) is 10.0. The zero-order valence-electron chi connectivity index (χ0n) is 20.4. The molecule has 3 rings (SSSR count). The van der Waals surface area contributed by atoms with Gasteiger partial charge in [0.2, 0.25) is 0 Å². The number of carbonyl (C=O) groups excluding carboxylic acids is 1. The van der Waals surface area contributed by atoms with Gasteiger partial charge in [0.05, 0.1) is 24.1 Å². The summed E-state index contributed by atoms with van der Waals surface area (Å²) in [6, 6.07) is 6.65. The molecule has 2 heterocycles. The van der Waals surface area contributed by atoms with Crippen LogP contribution in [-0.4, -0.2) is 69.9 Å². The van der Waals surface area contributed by atoms with Crippen LogP contribution in [0.5, 0.6) is 0 Å². The van der Waals surface area contributed by atoms with Gasteiger partial charge < -0.3 is 26.0 Å². The number of nitriles is 1. The number of amides is 2. The predicted octanol–water partition coefficient (Wildman–Crippen LogP) is 3.28. The summed E-state index contributed by atoms with van der Waals surface area (Å²) >= 11 is 0. The summed E-state index contributed by atoms with van der Waals surface area (Å²) < 4.78 is 14.8. The van der Waals surface area contributed by atoms with E-state index in [9.17, 15) is 24.3 Å². The number of hydrogen-bond acceptors (Lipinski definition) is 6. The Morgan fingerprint density at radius 3 is 2.54 bits per heavy atom. The average Bonchev–Trinajstić information content (AvgIpc) is 3.17. The lowest BCUT2D eigenvalue weighted by Gasteiger charge is -2.45. The molecular weight excluding hydrogens is 453 g/mol. The maximum Gasteiger partial charge on any atom is 0.407 e. The van der Waals surface area contributed by atoms with Crippen molar-refractivity contribution in [3.63, 3.8) is 0 Å². The van der Waals surface area contributed by atoms with Crippen LogP contribution in [0.1, 0.15) is 43.1 Å². The molecule has 0 radical (unpaired) electrons. The highest BCUT2D eigenvalue weighted by molar-refractivity contribution is 5.98. The van der Waals surface area contributed by atoms with Crippen molar-refractivity contribution in [3.8, 4) is 6.07 Å². The molecule has 0 saturated carbocycles. The fourth-order valence-corrected chi connectivity index (χ4v) is 5.01. The summed E-state index contributed by atoms with van der Waals surface area (Å²) in [4.78, 5) is 27.8. The fourth-order valence-electron chi connectivity index (χ4n) is 5.01. The first kappa shape index (κ1) is 26.0. The van der Waals surface area contributed by atoms with E-state index in [2.05, 4.69) is 30.3 Å². The van der Waals surface area contributed by atoms with E-state index in [0.717, 1.165) is 0 Å². The zero-order chi connectivity index (χ0) is 25.9. The molecule has 2 aromatic rings. The van der Waals surface area contributed by atoms with E-state index in [4.69, 9.17) is 5.73 Å². The minimum atomic E-state index is -1.07. The first-order valence-electron chi connectivity index (χ1n) is 11.4. The van der Waals surface area contributed by atoms with E-state index in [1.54, 1.807) is 0 Å². The number of primary amides is 1. The first-order valence-corrected chi connectivity index (χ1v) is 11.4. The van der Waals surface area contributed by atoms with Crippen molar-refractivity contribution >= 4 is 23.5 Å². The molecular formula is C24H32FN7O3. The molecule has 1 fully saturated rings. The van der Waals surface area contributed by atoms with Crippen LogP contribution < -0.4 is 11.1 Å². The number of carboxylic acid groups (broad SMARTS) is 1. The number of nitrogens with zero attached hydrogens (tertiary/aromatic N) is 5. The number of likely N-dealkylation sites (tertiary alicyclic amines) is 1. The third-order valence-corrected chi connectivity index (χ3v) is 6.22. The molecule has 0 spiro atoms. The van der Waals surface area contributed by atoms with Gasteiger partial charge in [-0.1, -0.05) is 13.8 Å². The molecule has 1 aromatic heterocycles. The smallest absolute Gasteiger partial charge is 0.407 e. The average molecular weight is 486 g/mol. The molecule has 1 unspecified atom stereocenters. The third-order valence-electron chi connectivity index (χ3n) is 6.22. The van der Waals surface area contributed by atoms with Gasteiger partial charge in [0.1, 0.15) is 11.4 Å². The number of benzene rings is 1. The van der Waals surface area contributed by atoms with Gasteiger partial charge in [0.25, 0.3) is 5.91 Å². The number of nitrogens with two attached hydrogens (primary N) is 1. The number of aromatic nitrogens is 2. The van der Waals surface area contributed by atoms with Crippen LogP contribution in [0.3, 0.4) is 0 Å². The molecule has 11 heteroatoms. The molecule has 35 heavy (non-hydrogen) atoms. The number of hydrogen-bond donors (Lipinski definition) is 3. The molecule has 0 bridgehead atoms. The van der Waals surface area contributed by atoms with E-state index < -0.39 is 35.8 Å². The lowest BCUT2D eigenvalue weighted by Crippen LogP contribution is -2.54. The Balaban J connectivity index is 2.06. The van der Waals surface area contributed by atoms with Crippen LogP contribution in [0.15, 0.2) is 30.5 Å². The van der Waals surface area contributed by atoms with Crippen molar-refractivity contribution in [3.05, 3.63) is 41.8 Å². The quantitative estimate of drug-likeness (QED) is 0.521. The second kappa shape index (κ2) is 10.3. The highest BCUT2D eigenvalue weighted by Gasteiger charge is 2.45. The van der Waals surface area contributed by atoms with Crippen molar-refractivity contribution in [2.75, 3.05) is 32.5 Å². The Labute approximate surface area is 204 Å². The number of nitrogens with one attached hydrogen (secondary N) is 1. The largest absolute Gasteiger partial charge is 0.465 e. The maximum absolute atomic E-state index is 13.3. The number of anilines is 2. The first-order chi connectivity index (χ1) is 16.4. The van der Waals surface area contributed by atoms with Gasteiger partial charge in [-0.15, -0.1) is 0 Å². The predicted molar refractivity (Wildman–Crippen MR) is 129 cm³/mol. The molecule has 1 saturated heterocycles. The molecule has 1 aliphatic rings. The van der Waals surface area contributed by atoms with Crippen molar-refractivity contribution < 1.29 is 19.1 Å². The van der Waals surface area contributed by atoms with Crippen LogP contribution in [0, 0.1) is 28.5 Å². The van der Waals surface area contributed by atoms with E-state index in [-0.39, 0.29) is 23.3 Å². The van der Waals surface area contributed by atoms with Crippen molar-refractivity contribution in [1.82, 2.24) is 19.6 Å². The summed E-state index contributed by atoms with van der Waals surface area (Å²) in [5, 5.41) is 27.4. The van der Waals surface area contributed by atoms with Crippen molar-refractivity contribution in [1.29, 1.82) is 5.26 Å². The third kappa shape index (κ3) is 6.08. The number of carbonyl (C=O) groups is 2. The van der Waals surface area contributed by atoms with Gasteiger partial charge in [0, 0.05) is 25.0 Å². The molecule has 0 aliphatic carbocycles. The van der Waals surface area contributed by atoms with Crippen molar-refractivity contribution in [2.24, 2.45) is 17.1 Å². The van der Waals surface area contributed by atoms with Crippen molar-refractivity contribution in [2.45, 2.75) is 38.8 Å². The lowest BCUT2D eigenvalue weighted by atomic mass is 9.77. The summed E-state index contributed by atoms with van der Waals surface area (Å²) in [7, 11) is 3.90. The number of halogens is 1. The summed E-state index contributed by atoms with van der Waals surface area (Å²) in [5.74, 6) is -1.51. The molecule has 1 aromatic carbocycles. The molecule has 188 valence electrons. The lowest BCUT2D eigenvalue weighted by molar-refractivity contribution is 0.0349. The molecule has 3 atom stereocenters. The van der Waals surface area contributed by atoms with Crippen LogP contribution in [-0.2, 0) is 0 Å². The van der Waals surface area contributed by atoms with E-state index in [1.807, 2.05) is 19.0 Å². The Kier molecular flexibility index (Phi) is 7.65. The highest BCUT2D eigenvalue weighted by atomic mass is 19.1. The molecule has 4 N–H and O–H groups in total. The zero-order valence-corrected chi connectivity index (χ0v) is 20.4. The minimum Gasteiger partial charge on any atom is -0.465 e. The Hall–Kier alpha value is -3.65. The second-order valence-corrected chi connectivity index (χ2v) is 10.0. The Bertz CT molecular complexity index is 1110. The van der Waals surface area contributed by atoms with Gasteiger partial charge >= 0.3 is 6.09 Å². The number of rotatable bonds is 8. The standard InChI is InChI=1S/C24H32FN7O3/c1-24(2,14-30(3)4)11-19-20(15(12-26)9-10-31(19)23(34)35)32-13-18(21(27)33)22(29-32)28-17-7-5-16(25)6-8-17/h5-8,13,15,19-20H,9-11,14H2,1-4H3,(H2,27,33)(H,28,29)(H,34,35)/t15-,19?,20-/m0/s1. The molecule has 1 aliphatic heterocycles. The Morgan fingerprint density at radius 2 is 2.00 bits per heavy atom. The topological polar surface area (TPSA) is 141 Å². The summed E-state index contributed by atoms with van der Waals surface area (Å²) in [6.45, 7) is 5.06. The van der Waals surface area contributed by atoms with Gasteiger partial charge in [-0.2, -0.15) is 10.4 Å². The SMILES string of the molecule is CN(C)CC(C)(C)CC1[C@@H](n2cc(C(N)=O)c(Nc3ccc(F)cc3)n2)[C@H](C#N)CCN1C(=O)O. The normalized spacial score (nSPS) is 20.5. The molecule has 10 nitrogen and oxygen atoms in total. The summed E-state index contributed by atoms with van der Waals surface area (Å²) in [6.07, 6.45) is 1.21. The maximum atomic E-state index is 13.3. The van der Waals surface area contributed by atoms with Crippen LogP contribution in [0.4, 0.5) is 20.7 Å². The summed E-state index contributed by atoms with van der Waals surface area (Å²) in [5.41, 5.74) is 5.91. The van der Waals surface area contributed by atoms with Gasteiger partial charge in [-0.05, 0) is 56.6 Å². The Morgan fingerprint density at radius 1 is 1.34 bits per heavy atom. The van der Waals surface area contributed by atoms with Gasteiger partial charge in [-0.3, -0.25) is 9.48 Å². The van der Waals surface area contributed by atoms with Gasteiger partial charge in [-0.25, -0.2) is 9.18 Å². The highest BCUT2D eigenvalue weighted by Crippen LogP contribution is 2.40. The number of piperidine rings is 1. The fraction of sp³-hybridized carbons (Fsp3) is 0.500. The van der Waals surface area contributed by atoms with E-state index >= 15 is 0 Å². The van der Waals surface area contributed by atoms with Crippen LogP contribution >= 0.6 is 0 Å². The minimum absolute atomic E-state index is 0.0877. The van der Waals surface area contributed by atoms with Crippen LogP contribution in [0.25, 0.3) is 0 Å². The van der Waals surface area contributed by atoms with Gasteiger partial charge in [0.15, 0.2) is 5.82 Å². The monoisotopic (exact) mass is 485 g/mol.